The van der Waals surface area contributed by atoms with Crippen LogP contribution in [0.1, 0.15) is 18.5 Å². The molecule has 0 fully saturated rings. The van der Waals surface area contributed by atoms with E-state index < -0.39 is 0 Å². The minimum Gasteiger partial charge on any atom is -0.376 e. The second-order valence-corrected chi connectivity index (χ2v) is 6.21. The quantitative estimate of drug-likeness (QED) is 0.672. The van der Waals surface area contributed by atoms with Gasteiger partial charge < -0.3 is 5.32 Å². The summed E-state index contributed by atoms with van der Waals surface area (Å²) in [5.41, 5.74) is 1.22. The van der Waals surface area contributed by atoms with Crippen molar-refractivity contribution < 1.29 is 4.39 Å². The third-order valence-electron chi connectivity index (χ3n) is 2.60. The van der Waals surface area contributed by atoms with Gasteiger partial charge in [-0.25, -0.2) is 9.37 Å². The van der Waals surface area contributed by atoms with Gasteiger partial charge >= 0.3 is 0 Å². The van der Waals surface area contributed by atoms with Gasteiger partial charge in [-0.3, -0.25) is 0 Å². The monoisotopic (exact) mass is 406 g/mol. The van der Waals surface area contributed by atoms with Crippen LogP contribution in [-0.2, 0) is 0 Å². The van der Waals surface area contributed by atoms with E-state index in [4.69, 9.17) is 11.6 Å². The van der Waals surface area contributed by atoms with Crippen LogP contribution in [0.4, 0.5) is 10.1 Å². The van der Waals surface area contributed by atoms with Gasteiger partial charge in [-0.15, -0.1) is 0 Å². The molecule has 0 aliphatic rings. The predicted molar refractivity (Wildman–Crippen MR) is 83.1 cm³/mol. The maximum atomic E-state index is 13.8. The lowest BCUT2D eigenvalue weighted by Gasteiger charge is -2.17. The Morgan fingerprint density at radius 2 is 2.00 bits per heavy atom. The van der Waals surface area contributed by atoms with Crippen LogP contribution in [0.5, 0.6) is 0 Å². The molecular formula is C13H10Br2ClFN2. The molecule has 1 aromatic carbocycles. The lowest BCUT2D eigenvalue weighted by atomic mass is 10.1. The molecule has 1 N–H and O–H groups in total. The lowest BCUT2D eigenvalue weighted by molar-refractivity contribution is 0.600. The van der Waals surface area contributed by atoms with Gasteiger partial charge in [-0.05, 0) is 47.1 Å². The third kappa shape index (κ3) is 3.68. The number of nitrogens with one attached hydrogen (secondary N) is 1. The van der Waals surface area contributed by atoms with Gasteiger partial charge in [-0.1, -0.05) is 27.5 Å². The summed E-state index contributed by atoms with van der Waals surface area (Å²) in [6.45, 7) is 1.86. The molecule has 1 aromatic heterocycles. The van der Waals surface area contributed by atoms with Crippen LogP contribution in [0, 0.1) is 5.82 Å². The van der Waals surface area contributed by atoms with Crippen molar-refractivity contribution in [2.24, 2.45) is 0 Å². The Morgan fingerprint density at radius 3 is 2.74 bits per heavy atom. The number of benzene rings is 1. The Balaban J connectivity index is 2.27. The first-order valence-corrected chi connectivity index (χ1v) is 7.46. The zero-order valence-electron chi connectivity index (χ0n) is 9.92. The fraction of sp³-hybridized carbons (Fsp3) is 0.154. The standard InChI is InChI=1S/C13H10Br2ClFN2/c1-7(10-4-8(14)2-3-11(10)17)19-12-5-9(15)6-18-13(12)16/h2-7,19H,1H3. The van der Waals surface area contributed by atoms with Crippen molar-refractivity contribution in [3.63, 3.8) is 0 Å². The van der Waals surface area contributed by atoms with E-state index in [2.05, 4.69) is 42.2 Å². The average molecular weight is 408 g/mol. The molecule has 1 unspecified atom stereocenters. The molecule has 0 aliphatic carbocycles. The zero-order valence-corrected chi connectivity index (χ0v) is 13.9. The van der Waals surface area contributed by atoms with Gasteiger partial charge in [0.05, 0.1) is 11.7 Å². The van der Waals surface area contributed by atoms with Crippen LogP contribution in [-0.4, -0.2) is 4.98 Å². The molecule has 1 atom stereocenters. The van der Waals surface area contributed by atoms with Gasteiger partial charge in [0.15, 0.2) is 5.15 Å². The van der Waals surface area contributed by atoms with Crippen molar-refractivity contribution in [2.75, 3.05) is 5.32 Å². The Bertz CT molecular complexity index is 607. The van der Waals surface area contributed by atoms with Crippen LogP contribution in [0.25, 0.3) is 0 Å². The van der Waals surface area contributed by atoms with E-state index in [1.165, 1.54) is 6.07 Å². The Morgan fingerprint density at radius 1 is 1.26 bits per heavy atom. The normalized spacial score (nSPS) is 12.3. The van der Waals surface area contributed by atoms with E-state index >= 15 is 0 Å². The number of hydrogen-bond donors (Lipinski definition) is 1. The van der Waals surface area contributed by atoms with Crippen molar-refractivity contribution in [3.8, 4) is 0 Å². The summed E-state index contributed by atoms with van der Waals surface area (Å²) >= 11 is 12.7. The van der Waals surface area contributed by atoms with E-state index in [9.17, 15) is 4.39 Å². The van der Waals surface area contributed by atoms with Crippen molar-refractivity contribution in [2.45, 2.75) is 13.0 Å². The summed E-state index contributed by atoms with van der Waals surface area (Å²) in [5.74, 6) is -0.262. The van der Waals surface area contributed by atoms with Gasteiger partial charge in [0.2, 0.25) is 0 Å². The number of pyridine rings is 1. The summed E-state index contributed by atoms with van der Waals surface area (Å²) < 4.78 is 15.4. The largest absolute Gasteiger partial charge is 0.376 e. The minimum atomic E-state index is -0.262. The average Bonchev–Trinajstić information content (AvgIpc) is 2.36. The van der Waals surface area contributed by atoms with E-state index in [1.54, 1.807) is 18.3 Å². The van der Waals surface area contributed by atoms with Gasteiger partial charge in [0, 0.05) is 20.7 Å². The summed E-state index contributed by atoms with van der Waals surface area (Å²) in [7, 11) is 0. The van der Waals surface area contributed by atoms with Crippen molar-refractivity contribution in [3.05, 3.63) is 55.9 Å². The lowest BCUT2D eigenvalue weighted by Crippen LogP contribution is -2.09. The van der Waals surface area contributed by atoms with Crippen LogP contribution in [0.15, 0.2) is 39.4 Å². The summed E-state index contributed by atoms with van der Waals surface area (Å²) in [6, 6.07) is 6.41. The van der Waals surface area contributed by atoms with E-state index in [-0.39, 0.29) is 11.9 Å². The zero-order chi connectivity index (χ0) is 14.0. The van der Waals surface area contributed by atoms with Crippen LogP contribution >= 0.6 is 43.5 Å². The highest BCUT2D eigenvalue weighted by Gasteiger charge is 2.13. The molecule has 6 heteroatoms. The van der Waals surface area contributed by atoms with Gasteiger partial charge in [-0.2, -0.15) is 0 Å². The van der Waals surface area contributed by atoms with Crippen molar-refractivity contribution in [1.29, 1.82) is 0 Å². The maximum absolute atomic E-state index is 13.8. The number of halogens is 4. The van der Waals surface area contributed by atoms with Gasteiger partial charge in [0.25, 0.3) is 0 Å². The number of anilines is 1. The van der Waals surface area contributed by atoms with Crippen LogP contribution < -0.4 is 5.32 Å². The van der Waals surface area contributed by atoms with E-state index in [0.717, 1.165) is 8.95 Å². The van der Waals surface area contributed by atoms with Crippen molar-refractivity contribution >= 4 is 49.1 Å². The Hall–Kier alpha value is -0.650. The molecule has 2 aromatic rings. The van der Waals surface area contributed by atoms with E-state index in [1.807, 2.05) is 13.0 Å². The maximum Gasteiger partial charge on any atom is 0.152 e. The molecule has 2 rings (SSSR count). The number of rotatable bonds is 3. The van der Waals surface area contributed by atoms with Crippen LogP contribution in [0.3, 0.4) is 0 Å². The number of nitrogens with zero attached hydrogens (tertiary/aromatic N) is 1. The molecule has 0 amide bonds. The molecule has 19 heavy (non-hydrogen) atoms. The molecule has 0 saturated carbocycles. The Kier molecular flexibility index (Phi) is 4.81. The van der Waals surface area contributed by atoms with E-state index in [0.29, 0.717) is 16.4 Å². The molecule has 0 aliphatic heterocycles. The molecular weight excluding hydrogens is 398 g/mol. The number of aromatic nitrogens is 1. The molecule has 0 spiro atoms. The highest BCUT2D eigenvalue weighted by Crippen LogP contribution is 2.29. The predicted octanol–water partition coefficient (Wildman–Crippen LogP) is 5.57. The molecule has 100 valence electrons. The first-order chi connectivity index (χ1) is 8.97. The Labute approximate surface area is 132 Å². The second kappa shape index (κ2) is 6.20. The summed E-state index contributed by atoms with van der Waals surface area (Å²) in [5, 5.41) is 3.50. The fourth-order valence-electron chi connectivity index (χ4n) is 1.68. The third-order valence-corrected chi connectivity index (χ3v) is 3.83. The topological polar surface area (TPSA) is 24.9 Å². The highest BCUT2D eigenvalue weighted by atomic mass is 79.9. The first-order valence-electron chi connectivity index (χ1n) is 5.50. The number of hydrogen-bond acceptors (Lipinski definition) is 2. The minimum absolute atomic E-state index is 0.230. The molecule has 1 heterocycles. The fourth-order valence-corrected chi connectivity index (χ4v) is 2.55. The first kappa shape index (κ1) is 14.8. The summed E-state index contributed by atoms with van der Waals surface area (Å²) in [4.78, 5) is 4.02. The molecule has 0 radical (unpaired) electrons. The van der Waals surface area contributed by atoms with Gasteiger partial charge in [0.1, 0.15) is 5.82 Å². The highest BCUT2D eigenvalue weighted by molar-refractivity contribution is 9.10. The summed E-state index contributed by atoms with van der Waals surface area (Å²) in [6.07, 6.45) is 1.61. The van der Waals surface area contributed by atoms with Crippen LogP contribution in [0.2, 0.25) is 5.15 Å². The molecule has 2 nitrogen and oxygen atoms in total. The molecule has 0 bridgehead atoms. The smallest absolute Gasteiger partial charge is 0.152 e. The second-order valence-electron chi connectivity index (χ2n) is 4.02. The van der Waals surface area contributed by atoms with Crippen molar-refractivity contribution in [1.82, 2.24) is 4.98 Å². The SMILES string of the molecule is CC(Nc1cc(Br)cnc1Cl)c1cc(Br)ccc1F. The molecule has 0 saturated heterocycles.